The average Bonchev–Trinajstić information content (AvgIpc) is 2.76. The number of nitrogens with zero attached hydrogens (tertiary/aromatic N) is 1. The molecule has 100 valence electrons. The van der Waals surface area contributed by atoms with Crippen LogP contribution in [0.3, 0.4) is 0 Å². The highest BCUT2D eigenvalue weighted by molar-refractivity contribution is 6.20. The Labute approximate surface area is 113 Å². The van der Waals surface area contributed by atoms with Crippen LogP contribution >= 0.6 is 11.6 Å². The minimum Gasteiger partial charge on any atom is -0.472 e. The van der Waals surface area contributed by atoms with Gasteiger partial charge >= 0.3 is 0 Å². The van der Waals surface area contributed by atoms with Crippen LogP contribution in [0.2, 0.25) is 0 Å². The molecule has 0 radical (unpaired) electrons. The van der Waals surface area contributed by atoms with Crippen molar-refractivity contribution in [3.8, 4) is 0 Å². The van der Waals surface area contributed by atoms with E-state index < -0.39 is 0 Å². The van der Waals surface area contributed by atoms with E-state index in [0.717, 1.165) is 25.8 Å². The maximum absolute atomic E-state index is 12.4. The second-order valence-electron chi connectivity index (χ2n) is 5.03. The summed E-state index contributed by atoms with van der Waals surface area (Å²) in [5.74, 6) is 0.0768. The fourth-order valence-corrected chi connectivity index (χ4v) is 2.82. The van der Waals surface area contributed by atoms with Gasteiger partial charge in [0.15, 0.2) is 0 Å². The Balaban J connectivity index is 2.12. The average molecular weight is 270 g/mol. The van der Waals surface area contributed by atoms with Crippen LogP contribution in [0, 0.1) is 0 Å². The van der Waals surface area contributed by atoms with Gasteiger partial charge in [-0.15, -0.1) is 11.6 Å². The Morgan fingerprint density at radius 2 is 2.39 bits per heavy atom. The number of amides is 1. The maximum Gasteiger partial charge on any atom is 0.257 e. The molecule has 1 fully saturated rings. The first-order valence-electron chi connectivity index (χ1n) is 6.65. The molecule has 0 aromatic carbocycles. The summed E-state index contributed by atoms with van der Waals surface area (Å²) in [6.45, 7) is 2.82. The van der Waals surface area contributed by atoms with E-state index in [0.29, 0.717) is 5.56 Å². The molecule has 1 aromatic heterocycles. The zero-order chi connectivity index (χ0) is 13.0. The lowest BCUT2D eigenvalue weighted by molar-refractivity contribution is 0.0673. The molecule has 1 amide bonds. The maximum atomic E-state index is 12.4. The number of hydrogen-bond donors (Lipinski definition) is 0. The molecule has 4 heteroatoms. The van der Waals surface area contributed by atoms with Crippen LogP contribution < -0.4 is 0 Å². The number of halogens is 1. The zero-order valence-electron chi connectivity index (χ0n) is 10.8. The van der Waals surface area contributed by atoms with Crippen molar-refractivity contribution in [2.24, 2.45) is 0 Å². The van der Waals surface area contributed by atoms with Gasteiger partial charge in [0.2, 0.25) is 0 Å². The van der Waals surface area contributed by atoms with Gasteiger partial charge in [-0.05, 0) is 32.3 Å². The molecule has 0 aliphatic carbocycles. The summed E-state index contributed by atoms with van der Waals surface area (Å²) in [5, 5.41) is 0.104. The van der Waals surface area contributed by atoms with Gasteiger partial charge in [0.05, 0.1) is 11.8 Å². The SMILES string of the molecule is CC(Cl)CC1CCCCCN1C(=O)c1ccoc1. The van der Waals surface area contributed by atoms with Gasteiger partial charge in [-0.25, -0.2) is 0 Å². The first-order chi connectivity index (χ1) is 8.68. The molecule has 0 spiro atoms. The lowest BCUT2D eigenvalue weighted by atomic mass is 10.0. The standard InChI is InChI=1S/C14H20ClNO2/c1-11(15)9-13-5-3-2-4-7-16(13)14(17)12-6-8-18-10-12/h6,8,10-11,13H,2-5,7,9H2,1H3. The summed E-state index contributed by atoms with van der Waals surface area (Å²) in [5.41, 5.74) is 0.643. The number of likely N-dealkylation sites (tertiary alicyclic amines) is 1. The van der Waals surface area contributed by atoms with Gasteiger partial charge in [0.25, 0.3) is 5.91 Å². The molecule has 1 aliphatic heterocycles. The van der Waals surface area contributed by atoms with Gasteiger partial charge < -0.3 is 9.32 Å². The molecule has 3 nitrogen and oxygen atoms in total. The molecule has 2 atom stereocenters. The topological polar surface area (TPSA) is 33.5 Å². The van der Waals surface area contributed by atoms with E-state index in [2.05, 4.69) is 0 Å². The van der Waals surface area contributed by atoms with Crippen LogP contribution in [0.1, 0.15) is 49.4 Å². The molecular formula is C14H20ClNO2. The zero-order valence-corrected chi connectivity index (χ0v) is 11.5. The fraction of sp³-hybridized carbons (Fsp3) is 0.643. The van der Waals surface area contributed by atoms with Gasteiger partial charge in [-0.2, -0.15) is 0 Å². The quantitative estimate of drug-likeness (QED) is 0.785. The number of carbonyl (C=O) groups is 1. The Morgan fingerprint density at radius 3 is 3.06 bits per heavy atom. The third-order valence-corrected chi connectivity index (χ3v) is 3.68. The highest BCUT2D eigenvalue weighted by Gasteiger charge is 2.27. The van der Waals surface area contributed by atoms with Crippen LogP contribution in [-0.4, -0.2) is 28.8 Å². The van der Waals surface area contributed by atoms with E-state index in [1.54, 1.807) is 12.3 Å². The van der Waals surface area contributed by atoms with Crippen LogP contribution in [0.15, 0.2) is 23.0 Å². The first kappa shape index (κ1) is 13.5. The number of carbonyl (C=O) groups excluding carboxylic acids is 1. The monoisotopic (exact) mass is 269 g/mol. The minimum absolute atomic E-state index is 0.0768. The van der Waals surface area contributed by atoms with Crippen molar-refractivity contribution in [1.29, 1.82) is 0 Å². The first-order valence-corrected chi connectivity index (χ1v) is 7.09. The largest absolute Gasteiger partial charge is 0.472 e. The van der Waals surface area contributed by atoms with Gasteiger partial charge in [-0.1, -0.05) is 12.8 Å². The number of furan rings is 1. The van der Waals surface area contributed by atoms with Crippen molar-refractivity contribution >= 4 is 17.5 Å². The van der Waals surface area contributed by atoms with Gasteiger partial charge in [-0.3, -0.25) is 4.79 Å². The summed E-state index contributed by atoms with van der Waals surface area (Å²) in [6.07, 6.45) is 8.45. The summed E-state index contributed by atoms with van der Waals surface area (Å²) in [6, 6.07) is 2.00. The summed E-state index contributed by atoms with van der Waals surface area (Å²) < 4.78 is 5.00. The molecule has 2 unspecified atom stereocenters. The summed E-state index contributed by atoms with van der Waals surface area (Å²) in [4.78, 5) is 14.4. The minimum atomic E-state index is 0.0768. The van der Waals surface area contributed by atoms with Crippen LogP contribution in [0.5, 0.6) is 0 Å². The van der Waals surface area contributed by atoms with E-state index >= 15 is 0 Å². The predicted octanol–water partition coefficient (Wildman–Crippen LogP) is 3.68. The van der Waals surface area contributed by atoms with Crippen molar-refractivity contribution in [3.05, 3.63) is 24.2 Å². The van der Waals surface area contributed by atoms with E-state index in [-0.39, 0.29) is 17.3 Å². The molecule has 1 aromatic rings. The van der Waals surface area contributed by atoms with E-state index in [1.807, 2.05) is 11.8 Å². The Bertz CT molecular complexity index is 375. The molecule has 0 bridgehead atoms. The normalized spacial score (nSPS) is 22.6. The van der Waals surface area contributed by atoms with Crippen LogP contribution in [0.4, 0.5) is 0 Å². The molecule has 0 saturated carbocycles. The van der Waals surface area contributed by atoms with Crippen molar-refractivity contribution in [2.75, 3.05) is 6.54 Å². The van der Waals surface area contributed by atoms with Crippen molar-refractivity contribution < 1.29 is 9.21 Å². The lowest BCUT2D eigenvalue weighted by Crippen LogP contribution is -2.40. The van der Waals surface area contributed by atoms with Gasteiger partial charge in [0, 0.05) is 18.0 Å². The van der Waals surface area contributed by atoms with Crippen LogP contribution in [-0.2, 0) is 0 Å². The third-order valence-electron chi connectivity index (χ3n) is 3.50. The predicted molar refractivity (Wildman–Crippen MR) is 71.9 cm³/mol. The molecule has 1 aliphatic rings. The number of hydrogen-bond acceptors (Lipinski definition) is 2. The Morgan fingerprint density at radius 1 is 1.56 bits per heavy atom. The Kier molecular flexibility index (Phi) is 4.70. The molecule has 1 saturated heterocycles. The summed E-state index contributed by atoms with van der Waals surface area (Å²) in [7, 11) is 0. The molecule has 2 rings (SSSR count). The van der Waals surface area contributed by atoms with Crippen LogP contribution in [0.25, 0.3) is 0 Å². The fourth-order valence-electron chi connectivity index (χ4n) is 2.62. The highest BCUT2D eigenvalue weighted by Crippen LogP contribution is 2.24. The van der Waals surface area contributed by atoms with E-state index in [9.17, 15) is 4.79 Å². The number of alkyl halides is 1. The molecule has 2 heterocycles. The Hall–Kier alpha value is -0.960. The summed E-state index contributed by atoms with van der Waals surface area (Å²) >= 11 is 6.10. The third kappa shape index (κ3) is 3.29. The van der Waals surface area contributed by atoms with Crippen molar-refractivity contribution in [3.63, 3.8) is 0 Å². The van der Waals surface area contributed by atoms with Crippen molar-refractivity contribution in [1.82, 2.24) is 4.90 Å². The van der Waals surface area contributed by atoms with Crippen molar-refractivity contribution in [2.45, 2.75) is 50.4 Å². The van der Waals surface area contributed by atoms with E-state index in [1.165, 1.54) is 19.1 Å². The lowest BCUT2D eigenvalue weighted by Gasteiger charge is -2.30. The smallest absolute Gasteiger partial charge is 0.257 e. The molecule has 18 heavy (non-hydrogen) atoms. The van der Waals surface area contributed by atoms with E-state index in [4.69, 9.17) is 16.0 Å². The highest BCUT2D eigenvalue weighted by atomic mass is 35.5. The second-order valence-corrected chi connectivity index (χ2v) is 5.78. The molecular weight excluding hydrogens is 250 g/mol. The van der Waals surface area contributed by atoms with Gasteiger partial charge in [0.1, 0.15) is 6.26 Å². The molecule has 0 N–H and O–H groups in total. The number of rotatable bonds is 3. The second kappa shape index (κ2) is 6.28.